The van der Waals surface area contributed by atoms with Gasteiger partial charge >= 0.3 is 0 Å². The van der Waals surface area contributed by atoms with Crippen molar-refractivity contribution < 1.29 is 4.74 Å². The van der Waals surface area contributed by atoms with Gasteiger partial charge in [-0.25, -0.2) is 0 Å². The first kappa shape index (κ1) is 24.8. The van der Waals surface area contributed by atoms with Crippen molar-refractivity contribution in [3.05, 3.63) is 47.1 Å². The lowest BCUT2D eigenvalue weighted by Gasteiger charge is -2.38. The molecule has 1 aromatic rings. The van der Waals surface area contributed by atoms with Crippen LogP contribution in [0.3, 0.4) is 0 Å². The summed E-state index contributed by atoms with van der Waals surface area (Å²) >= 11 is 1.51. The van der Waals surface area contributed by atoms with Crippen molar-refractivity contribution >= 4 is 40.3 Å². The molecule has 190 valence electrons. The molecule has 5 rings (SSSR count). The Kier molecular flexibility index (Phi) is 6.55. The maximum atomic E-state index is 9.27. The summed E-state index contributed by atoms with van der Waals surface area (Å²) in [4.78, 5) is 16.0. The molecule has 0 spiro atoms. The van der Waals surface area contributed by atoms with Gasteiger partial charge in [-0.05, 0) is 60.6 Å². The molecule has 4 unspecified atom stereocenters. The first-order valence-electron chi connectivity index (χ1n) is 12.5. The van der Waals surface area contributed by atoms with Crippen LogP contribution in [0.1, 0.15) is 45.2 Å². The zero-order valence-corrected chi connectivity index (χ0v) is 22.2. The highest BCUT2D eigenvalue weighted by atomic mass is 32.2. The lowest BCUT2D eigenvalue weighted by Crippen LogP contribution is -2.44. The summed E-state index contributed by atoms with van der Waals surface area (Å²) in [6.45, 7) is 10.2. The van der Waals surface area contributed by atoms with Gasteiger partial charge in [0, 0.05) is 24.0 Å². The van der Waals surface area contributed by atoms with E-state index in [4.69, 9.17) is 21.2 Å². The fourth-order valence-corrected chi connectivity index (χ4v) is 6.31. The van der Waals surface area contributed by atoms with Crippen molar-refractivity contribution in [1.82, 2.24) is 4.90 Å². The second kappa shape index (κ2) is 9.52. The molecule has 4 atom stereocenters. The van der Waals surface area contributed by atoms with E-state index < -0.39 is 0 Å². The molecule has 0 fully saturated rings. The Morgan fingerprint density at radius 1 is 1.36 bits per heavy atom. The Morgan fingerprint density at radius 3 is 2.94 bits per heavy atom. The van der Waals surface area contributed by atoms with Crippen LogP contribution >= 0.6 is 11.8 Å². The summed E-state index contributed by atoms with van der Waals surface area (Å²) in [6, 6.07) is 6.22. The Bertz CT molecular complexity index is 1230. The van der Waals surface area contributed by atoms with E-state index >= 15 is 0 Å². The van der Waals surface area contributed by atoms with E-state index in [1.165, 1.54) is 11.8 Å². The minimum absolute atomic E-state index is 0.0135. The summed E-state index contributed by atoms with van der Waals surface area (Å²) in [7, 11) is 0. The first-order chi connectivity index (χ1) is 17.1. The lowest BCUT2D eigenvalue weighted by atomic mass is 9.72. The third kappa shape index (κ3) is 4.99. The number of nitrogens with zero attached hydrogens (tertiary/aromatic N) is 4. The maximum absolute atomic E-state index is 9.27. The van der Waals surface area contributed by atoms with Crippen LogP contribution in [0.4, 0.5) is 0 Å². The van der Waals surface area contributed by atoms with Crippen molar-refractivity contribution in [2.24, 2.45) is 37.8 Å². The Balaban J connectivity index is 1.42. The first-order valence-corrected chi connectivity index (χ1v) is 13.3. The number of amidine groups is 2. The molecule has 8 nitrogen and oxygen atoms in total. The van der Waals surface area contributed by atoms with Crippen molar-refractivity contribution in [3.63, 3.8) is 0 Å². The second-order valence-electron chi connectivity index (χ2n) is 10.7. The van der Waals surface area contributed by atoms with Crippen molar-refractivity contribution in [1.29, 1.82) is 5.41 Å². The van der Waals surface area contributed by atoms with Gasteiger partial charge in [0.25, 0.3) is 0 Å². The number of hydrogen-bond acceptors (Lipinski definition) is 8. The molecule has 3 aliphatic heterocycles. The van der Waals surface area contributed by atoms with E-state index in [0.717, 1.165) is 40.2 Å². The largest absolute Gasteiger partial charge is 0.491 e. The van der Waals surface area contributed by atoms with Crippen molar-refractivity contribution in [3.8, 4) is 5.75 Å². The molecule has 0 saturated heterocycles. The summed E-state index contributed by atoms with van der Waals surface area (Å²) in [5.41, 5.74) is 17.1. The standard InChI is InChI=1S/C27H35N7OS/c1-15-11-27(3,4)12-20(23(15)32-16(2)28)24(29)34-7-8-35-22-6-5-17(9-19(22)14-34)18-10-21-25(31-13-18)36-26(30)33-21/h5-6,9-11,13,16,20-21,25,29H,7-8,12,14,28H2,1-4H3,(H2,30,33). The highest BCUT2D eigenvalue weighted by Gasteiger charge is 2.36. The number of thioether (sulfide) groups is 1. The van der Waals surface area contributed by atoms with Crippen LogP contribution in [0.15, 0.2) is 50.9 Å². The molecule has 0 saturated carbocycles. The van der Waals surface area contributed by atoms with Gasteiger partial charge in [-0.3, -0.25) is 20.4 Å². The molecule has 5 N–H and O–H groups in total. The Hall–Kier alpha value is -2.91. The number of nitrogens with two attached hydrogens (primary N) is 2. The van der Waals surface area contributed by atoms with Gasteiger partial charge in [-0.1, -0.05) is 37.8 Å². The Morgan fingerprint density at radius 2 is 2.17 bits per heavy atom. The molecular formula is C27H35N7OS. The highest BCUT2D eigenvalue weighted by molar-refractivity contribution is 8.14. The fraction of sp³-hybridized carbons (Fsp3) is 0.481. The number of dihydropyridines is 1. The quantitative estimate of drug-likeness (QED) is 0.425. The topological polar surface area (TPSA) is 125 Å². The number of allylic oxidation sites excluding steroid dienone is 3. The van der Waals surface area contributed by atoms with Gasteiger partial charge in [0.05, 0.1) is 18.6 Å². The SMILES string of the molecule is CC1=CC(C)(C)CC(C(=N)N2CCOc3ccc(C4=CC5N=C(N)SC5N=C4)cc3C2)C1=NC(C)N. The minimum atomic E-state index is -0.307. The number of benzene rings is 1. The van der Waals surface area contributed by atoms with E-state index in [1.807, 2.05) is 19.2 Å². The number of fused-ring (bicyclic) bond motifs is 2. The zero-order valence-electron chi connectivity index (χ0n) is 21.4. The van der Waals surface area contributed by atoms with E-state index in [1.54, 1.807) is 0 Å². The second-order valence-corrected chi connectivity index (χ2v) is 11.8. The van der Waals surface area contributed by atoms with Gasteiger partial charge < -0.3 is 21.1 Å². The summed E-state index contributed by atoms with van der Waals surface area (Å²) in [5, 5.41) is 9.90. The average Bonchev–Trinajstić information content (AvgIpc) is 3.05. The van der Waals surface area contributed by atoms with Crippen LogP contribution in [-0.2, 0) is 6.54 Å². The summed E-state index contributed by atoms with van der Waals surface area (Å²) in [6.07, 6.45) is 6.83. The van der Waals surface area contributed by atoms with E-state index in [2.05, 4.69) is 59.9 Å². The van der Waals surface area contributed by atoms with Crippen LogP contribution in [0.2, 0.25) is 0 Å². The van der Waals surface area contributed by atoms with Gasteiger partial charge in [0.1, 0.15) is 29.6 Å². The lowest BCUT2D eigenvalue weighted by molar-refractivity contribution is 0.281. The molecule has 1 aliphatic carbocycles. The number of aliphatic imine (C=N–C) groups is 3. The van der Waals surface area contributed by atoms with Crippen LogP contribution in [0.25, 0.3) is 5.57 Å². The predicted octanol–water partition coefficient (Wildman–Crippen LogP) is 3.82. The molecule has 3 heterocycles. The van der Waals surface area contributed by atoms with Gasteiger partial charge in [0.2, 0.25) is 0 Å². The monoisotopic (exact) mass is 505 g/mol. The van der Waals surface area contributed by atoms with Crippen LogP contribution < -0.4 is 16.2 Å². The maximum Gasteiger partial charge on any atom is 0.156 e. The van der Waals surface area contributed by atoms with Crippen LogP contribution in [-0.4, -0.2) is 58.6 Å². The van der Waals surface area contributed by atoms with Crippen LogP contribution in [0.5, 0.6) is 5.75 Å². The molecule has 0 radical (unpaired) electrons. The number of nitrogens with one attached hydrogen (secondary N) is 1. The van der Waals surface area contributed by atoms with E-state index in [0.29, 0.717) is 30.7 Å². The zero-order chi connectivity index (χ0) is 25.6. The normalized spacial score (nSPS) is 28.8. The number of ether oxygens (including phenoxy) is 1. The summed E-state index contributed by atoms with van der Waals surface area (Å²) in [5.74, 6) is 1.34. The van der Waals surface area contributed by atoms with Gasteiger partial charge in [-0.2, -0.15) is 0 Å². The molecule has 1 aromatic carbocycles. The average molecular weight is 506 g/mol. The Labute approximate surface area is 217 Å². The predicted molar refractivity (Wildman–Crippen MR) is 150 cm³/mol. The third-order valence-corrected chi connectivity index (χ3v) is 7.97. The number of rotatable bonds is 3. The van der Waals surface area contributed by atoms with E-state index in [-0.39, 0.29) is 28.9 Å². The van der Waals surface area contributed by atoms with Crippen molar-refractivity contribution in [2.75, 3.05) is 13.2 Å². The minimum Gasteiger partial charge on any atom is -0.491 e. The highest BCUT2D eigenvalue weighted by Crippen LogP contribution is 2.38. The molecule has 0 amide bonds. The number of hydrogen-bond donors (Lipinski definition) is 3. The third-order valence-electron chi connectivity index (χ3n) is 6.98. The molecule has 0 bridgehead atoms. The van der Waals surface area contributed by atoms with Crippen LogP contribution in [0, 0.1) is 16.7 Å². The van der Waals surface area contributed by atoms with Gasteiger partial charge in [-0.15, -0.1) is 0 Å². The molecule has 36 heavy (non-hydrogen) atoms. The fourth-order valence-electron chi connectivity index (χ4n) is 5.48. The summed E-state index contributed by atoms with van der Waals surface area (Å²) < 4.78 is 6.10. The van der Waals surface area contributed by atoms with Gasteiger partial charge in [0.15, 0.2) is 5.17 Å². The molecule has 0 aromatic heterocycles. The molecule has 4 aliphatic rings. The van der Waals surface area contributed by atoms with E-state index in [9.17, 15) is 5.41 Å². The molecular weight excluding hydrogens is 470 g/mol. The smallest absolute Gasteiger partial charge is 0.156 e. The van der Waals surface area contributed by atoms with Crippen molar-refractivity contribution in [2.45, 2.75) is 58.2 Å². The molecule has 9 heteroatoms.